The molecule has 1 aromatic rings. The first kappa shape index (κ1) is 18.3. The molecule has 120 valence electrons. The Kier molecular flexibility index (Phi) is 6.13. The molecule has 0 amide bonds. The molecule has 1 unspecified atom stereocenters. The largest absolute Gasteiger partial charge is 0.398 e. The van der Waals surface area contributed by atoms with Crippen LogP contribution in [0.25, 0.3) is 0 Å². The smallest absolute Gasteiger partial charge is 0.243 e. The van der Waals surface area contributed by atoms with Gasteiger partial charge < -0.3 is 5.73 Å². The summed E-state index contributed by atoms with van der Waals surface area (Å²) in [5.74, 6) is 0.939. The van der Waals surface area contributed by atoms with Crippen LogP contribution in [0.15, 0.2) is 11.0 Å². The van der Waals surface area contributed by atoms with Gasteiger partial charge in [-0.05, 0) is 68.9 Å². The maximum absolute atomic E-state index is 12.9. The van der Waals surface area contributed by atoms with Crippen LogP contribution >= 0.6 is 11.8 Å². The molecule has 1 rings (SSSR count). The lowest BCUT2D eigenvalue weighted by Gasteiger charge is -2.26. The monoisotopic (exact) mass is 330 g/mol. The van der Waals surface area contributed by atoms with E-state index in [0.29, 0.717) is 16.1 Å². The van der Waals surface area contributed by atoms with Crippen LogP contribution < -0.4 is 5.73 Å². The van der Waals surface area contributed by atoms with Gasteiger partial charge in [0.15, 0.2) is 0 Å². The number of benzene rings is 1. The van der Waals surface area contributed by atoms with E-state index in [-0.39, 0.29) is 6.04 Å². The minimum atomic E-state index is -3.53. The van der Waals surface area contributed by atoms with Gasteiger partial charge in [0.2, 0.25) is 10.0 Å². The van der Waals surface area contributed by atoms with Crippen molar-refractivity contribution in [1.82, 2.24) is 4.31 Å². The van der Waals surface area contributed by atoms with Crippen LogP contribution in [0.4, 0.5) is 5.69 Å². The number of nitrogens with zero attached hydrogens (tertiary/aromatic N) is 1. The molecule has 0 radical (unpaired) electrons. The van der Waals surface area contributed by atoms with Crippen molar-refractivity contribution < 1.29 is 8.42 Å². The zero-order chi connectivity index (χ0) is 16.4. The minimum Gasteiger partial charge on any atom is -0.398 e. The zero-order valence-corrected chi connectivity index (χ0v) is 15.4. The Bertz CT molecular complexity index is 586. The maximum Gasteiger partial charge on any atom is 0.243 e. The van der Waals surface area contributed by atoms with Crippen LogP contribution in [-0.2, 0) is 10.0 Å². The highest BCUT2D eigenvalue weighted by atomic mass is 32.2. The highest BCUT2D eigenvalue weighted by Crippen LogP contribution is 2.30. The minimum absolute atomic E-state index is 0.0389. The normalized spacial score (nSPS) is 13.7. The quantitative estimate of drug-likeness (QED) is 0.815. The molecule has 0 fully saturated rings. The van der Waals surface area contributed by atoms with Crippen molar-refractivity contribution in [3.63, 3.8) is 0 Å². The third-order valence-electron chi connectivity index (χ3n) is 4.08. The van der Waals surface area contributed by atoms with E-state index < -0.39 is 10.0 Å². The van der Waals surface area contributed by atoms with E-state index in [1.54, 1.807) is 25.7 Å². The number of aryl methyl sites for hydroxylation is 1. The Labute approximate surface area is 133 Å². The number of nitrogen functional groups attached to an aromatic ring is 1. The van der Waals surface area contributed by atoms with Crippen LogP contribution in [0.3, 0.4) is 0 Å². The number of thioether (sulfide) groups is 1. The summed E-state index contributed by atoms with van der Waals surface area (Å²) in [6.07, 6.45) is 2.85. The first-order chi connectivity index (χ1) is 9.64. The molecule has 0 spiro atoms. The second kappa shape index (κ2) is 7.03. The molecular formula is C15H26N2O2S2. The van der Waals surface area contributed by atoms with E-state index in [9.17, 15) is 8.42 Å². The van der Waals surface area contributed by atoms with Gasteiger partial charge in [0.1, 0.15) is 0 Å². The first-order valence-corrected chi connectivity index (χ1v) is 9.81. The highest BCUT2D eigenvalue weighted by Gasteiger charge is 2.29. The fourth-order valence-electron chi connectivity index (χ4n) is 2.28. The van der Waals surface area contributed by atoms with Crippen molar-refractivity contribution in [3.8, 4) is 0 Å². The molecular weight excluding hydrogens is 304 g/mol. The van der Waals surface area contributed by atoms with Crippen LogP contribution in [0, 0.1) is 20.8 Å². The molecule has 2 N–H and O–H groups in total. The van der Waals surface area contributed by atoms with E-state index >= 15 is 0 Å². The molecule has 0 saturated heterocycles. The number of rotatable bonds is 6. The average Bonchev–Trinajstić information content (AvgIpc) is 2.41. The first-order valence-electron chi connectivity index (χ1n) is 6.97. The van der Waals surface area contributed by atoms with Gasteiger partial charge in [-0.15, -0.1) is 0 Å². The average molecular weight is 331 g/mol. The SMILES string of the molecule is CSCCC(C)N(C)S(=O)(=O)c1c(C)c(C)cc(N)c1C. The lowest BCUT2D eigenvalue weighted by atomic mass is 10.1. The van der Waals surface area contributed by atoms with E-state index in [1.807, 2.05) is 33.1 Å². The van der Waals surface area contributed by atoms with E-state index in [1.165, 1.54) is 4.31 Å². The fourth-order valence-corrected chi connectivity index (χ4v) is 4.78. The van der Waals surface area contributed by atoms with Crippen molar-refractivity contribution in [2.45, 2.75) is 45.1 Å². The molecule has 1 aromatic carbocycles. The van der Waals surface area contributed by atoms with Crippen LogP contribution in [0.5, 0.6) is 0 Å². The third-order valence-corrected chi connectivity index (χ3v) is 6.97. The number of hydrogen-bond acceptors (Lipinski definition) is 4. The molecule has 4 nitrogen and oxygen atoms in total. The highest BCUT2D eigenvalue weighted by molar-refractivity contribution is 7.98. The van der Waals surface area contributed by atoms with Crippen LogP contribution in [0.2, 0.25) is 0 Å². The molecule has 21 heavy (non-hydrogen) atoms. The molecule has 0 bridgehead atoms. The van der Waals surface area contributed by atoms with Gasteiger partial charge in [-0.1, -0.05) is 0 Å². The van der Waals surface area contributed by atoms with Gasteiger partial charge in [0.25, 0.3) is 0 Å². The lowest BCUT2D eigenvalue weighted by molar-refractivity contribution is 0.382. The van der Waals surface area contributed by atoms with Gasteiger partial charge in [0.05, 0.1) is 4.90 Å². The van der Waals surface area contributed by atoms with Crippen molar-refractivity contribution in [3.05, 3.63) is 22.8 Å². The predicted octanol–water partition coefficient (Wildman–Crippen LogP) is 2.96. The summed E-state index contributed by atoms with van der Waals surface area (Å²) in [6.45, 7) is 7.45. The number of nitrogens with two attached hydrogens (primary N) is 1. The van der Waals surface area contributed by atoms with Crippen molar-refractivity contribution in [1.29, 1.82) is 0 Å². The zero-order valence-electron chi connectivity index (χ0n) is 13.7. The fraction of sp³-hybridized carbons (Fsp3) is 0.600. The van der Waals surface area contributed by atoms with Crippen molar-refractivity contribution in [2.75, 3.05) is 24.8 Å². The standard InChI is InChI=1S/C15H26N2O2S2/c1-10-9-14(16)13(4)15(12(10)3)21(18,19)17(5)11(2)7-8-20-6/h9,11H,7-8,16H2,1-6H3. The van der Waals surface area contributed by atoms with Gasteiger partial charge in [0, 0.05) is 18.8 Å². The number of sulfonamides is 1. The van der Waals surface area contributed by atoms with Crippen molar-refractivity contribution >= 4 is 27.5 Å². The molecule has 6 heteroatoms. The summed E-state index contributed by atoms with van der Waals surface area (Å²) in [5.41, 5.74) is 8.81. The summed E-state index contributed by atoms with van der Waals surface area (Å²) in [6, 6.07) is 1.80. The molecule has 1 atom stereocenters. The second-order valence-corrected chi connectivity index (χ2v) is 8.43. The summed E-state index contributed by atoms with van der Waals surface area (Å²) in [5, 5.41) is 0. The summed E-state index contributed by atoms with van der Waals surface area (Å²) < 4.78 is 27.4. The topological polar surface area (TPSA) is 63.4 Å². The lowest BCUT2D eigenvalue weighted by Crippen LogP contribution is -2.36. The summed E-state index contributed by atoms with van der Waals surface area (Å²) in [4.78, 5) is 0.360. The Morgan fingerprint density at radius 2 is 1.86 bits per heavy atom. The van der Waals surface area contributed by atoms with Gasteiger partial charge in [-0.3, -0.25) is 0 Å². The Hall–Kier alpha value is -0.720. The van der Waals surface area contributed by atoms with E-state index in [0.717, 1.165) is 23.3 Å². The van der Waals surface area contributed by atoms with Gasteiger partial charge >= 0.3 is 0 Å². The Morgan fingerprint density at radius 3 is 2.38 bits per heavy atom. The van der Waals surface area contributed by atoms with Crippen LogP contribution in [0.1, 0.15) is 30.0 Å². The molecule has 0 aliphatic rings. The number of hydrogen-bond donors (Lipinski definition) is 1. The predicted molar refractivity (Wildman–Crippen MR) is 92.5 cm³/mol. The Balaban J connectivity index is 3.32. The van der Waals surface area contributed by atoms with Gasteiger partial charge in [-0.25, -0.2) is 8.42 Å². The maximum atomic E-state index is 12.9. The molecule has 0 aromatic heterocycles. The summed E-state index contributed by atoms with van der Waals surface area (Å²) in [7, 11) is -1.88. The van der Waals surface area contributed by atoms with E-state index in [4.69, 9.17) is 5.73 Å². The van der Waals surface area contributed by atoms with Crippen LogP contribution in [-0.4, -0.2) is 37.8 Å². The number of anilines is 1. The molecule has 0 saturated carbocycles. The second-order valence-electron chi connectivity index (χ2n) is 5.51. The molecule has 0 aliphatic carbocycles. The molecule has 0 heterocycles. The third kappa shape index (κ3) is 3.73. The van der Waals surface area contributed by atoms with Gasteiger partial charge in [-0.2, -0.15) is 16.1 Å². The van der Waals surface area contributed by atoms with Crippen molar-refractivity contribution in [2.24, 2.45) is 0 Å². The molecule has 0 aliphatic heterocycles. The van der Waals surface area contributed by atoms with E-state index in [2.05, 4.69) is 0 Å². The summed E-state index contributed by atoms with van der Waals surface area (Å²) >= 11 is 1.72. The Morgan fingerprint density at radius 1 is 1.29 bits per heavy atom.